The second kappa shape index (κ2) is 3.88. The van der Waals surface area contributed by atoms with E-state index in [0.717, 1.165) is 0 Å². The van der Waals surface area contributed by atoms with E-state index in [0.29, 0.717) is 6.42 Å². The lowest BCUT2D eigenvalue weighted by Crippen LogP contribution is -2.38. The Morgan fingerprint density at radius 1 is 1.43 bits per heavy atom. The van der Waals surface area contributed by atoms with Gasteiger partial charge in [0.15, 0.2) is 9.84 Å². The molecule has 0 saturated carbocycles. The maximum absolute atomic E-state index is 11.7. The van der Waals surface area contributed by atoms with Crippen molar-refractivity contribution in [2.24, 2.45) is 5.92 Å². The topological polar surface area (TPSA) is 54.5 Å². The quantitative estimate of drug-likeness (QED) is 0.670. The normalized spacial score (nSPS) is 25.3. The smallest absolute Gasteiger partial charge is 0.226 e. The monoisotopic (exact) mass is 219 g/mol. The lowest BCUT2D eigenvalue weighted by molar-refractivity contribution is -0.134. The number of hydrogen-bond donors (Lipinski definition) is 0. The fourth-order valence-corrected chi connectivity index (χ4v) is 3.26. The van der Waals surface area contributed by atoms with Crippen molar-refractivity contribution in [1.29, 1.82) is 0 Å². The first-order chi connectivity index (χ1) is 6.33. The van der Waals surface area contributed by atoms with Gasteiger partial charge in [0, 0.05) is 13.1 Å². The molecule has 82 valence electrons. The largest absolute Gasteiger partial charge is 0.343 e. The van der Waals surface area contributed by atoms with E-state index in [1.165, 1.54) is 0 Å². The van der Waals surface area contributed by atoms with Gasteiger partial charge in [-0.1, -0.05) is 0 Å². The summed E-state index contributed by atoms with van der Waals surface area (Å²) in [5.41, 5.74) is 0. The van der Waals surface area contributed by atoms with Gasteiger partial charge in [-0.25, -0.2) is 8.42 Å². The lowest BCUT2D eigenvalue weighted by Gasteiger charge is -2.24. The molecule has 1 heterocycles. The van der Waals surface area contributed by atoms with Crippen molar-refractivity contribution in [3.8, 4) is 0 Å². The molecule has 1 fully saturated rings. The van der Waals surface area contributed by atoms with Gasteiger partial charge in [0.25, 0.3) is 0 Å². The standard InChI is InChI=1S/C9H17NO3S/c1-7(2)10(3)9(11)8-4-5-14(12,13)6-8/h7-8H,4-6H2,1-3H3. The Kier molecular flexibility index (Phi) is 3.19. The molecular formula is C9H17NO3S. The molecule has 1 aliphatic rings. The molecule has 1 amide bonds. The van der Waals surface area contributed by atoms with Gasteiger partial charge in [-0.3, -0.25) is 4.79 Å². The summed E-state index contributed by atoms with van der Waals surface area (Å²) in [5.74, 6) is -0.161. The summed E-state index contributed by atoms with van der Waals surface area (Å²) in [6.07, 6.45) is 0.484. The van der Waals surface area contributed by atoms with E-state index < -0.39 is 9.84 Å². The van der Waals surface area contributed by atoms with Crippen LogP contribution in [0.2, 0.25) is 0 Å². The van der Waals surface area contributed by atoms with Gasteiger partial charge in [0.05, 0.1) is 17.4 Å². The van der Waals surface area contributed by atoms with Crippen molar-refractivity contribution in [3.63, 3.8) is 0 Å². The SMILES string of the molecule is CC(C)N(C)C(=O)C1CCS(=O)(=O)C1. The molecular weight excluding hydrogens is 202 g/mol. The van der Waals surface area contributed by atoms with Crippen LogP contribution in [-0.2, 0) is 14.6 Å². The van der Waals surface area contributed by atoms with Crippen LogP contribution < -0.4 is 0 Å². The first-order valence-corrected chi connectivity index (χ1v) is 6.63. The molecule has 4 nitrogen and oxygen atoms in total. The van der Waals surface area contributed by atoms with Crippen molar-refractivity contribution in [1.82, 2.24) is 4.90 Å². The first kappa shape index (κ1) is 11.5. The third-order valence-corrected chi connectivity index (χ3v) is 4.47. The van der Waals surface area contributed by atoms with Gasteiger partial charge in [-0.15, -0.1) is 0 Å². The van der Waals surface area contributed by atoms with Gasteiger partial charge >= 0.3 is 0 Å². The Hall–Kier alpha value is -0.580. The summed E-state index contributed by atoms with van der Waals surface area (Å²) in [5, 5.41) is 0. The van der Waals surface area contributed by atoms with E-state index in [1.807, 2.05) is 13.8 Å². The molecule has 1 atom stereocenters. The number of hydrogen-bond acceptors (Lipinski definition) is 3. The Morgan fingerprint density at radius 3 is 2.36 bits per heavy atom. The Balaban J connectivity index is 2.65. The van der Waals surface area contributed by atoms with Crippen molar-refractivity contribution in [2.75, 3.05) is 18.6 Å². The fourth-order valence-electron chi connectivity index (χ4n) is 1.53. The van der Waals surface area contributed by atoms with E-state index in [4.69, 9.17) is 0 Å². The van der Waals surface area contributed by atoms with E-state index in [1.54, 1.807) is 11.9 Å². The summed E-state index contributed by atoms with van der Waals surface area (Å²) < 4.78 is 22.3. The lowest BCUT2D eigenvalue weighted by atomic mass is 10.1. The highest BCUT2D eigenvalue weighted by atomic mass is 32.2. The molecule has 0 aliphatic carbocycles. The summed E-state index contributed by atoms with van der Waals surface area (Å²) in [6, 6.07) is 0.130. The minimum absolute atomic E-state index is 0.0306. The van der Waals surface area contributed by atoms with Gasteiger partial charge in [0.1, 0.15) is 0 Å². The summed E-state index contributed by atoms with van der Waals surface area (Å²) in [7, 11) is -1.23. The highest BCUT2D eigenvalue weighted by molar-refractivity contribution is 7.91. The third-order valence-electron chi connectivity index (χ3n) is 2.70. The summed E-state index contributed by atoms with van der Waals surface area (Å²) >= 11 is 0. The minimum atomic E-state index is -2.95. The molecule has 1 saturated heterocycles. The maximum Gasteiger partial charge on any atom is 0.226 e. The van der Waals surface area contributed by atoms with Crippen LogP contribution in [-0.4, -0.2) is 43.8 Å². The van der Waals surface area contributed by atoms with Crippen LogP contribution in [0, 0.1) is 5.92 Å². The molecule has 5 heteroatoms. The number of carbonyl (C=O) groups excluding carboxylic acids is 1. The molecule has 0 aromatic heterocycles. The van der Waals surface area contributed by atoms with E-state index >= 15 is 0 Å². The van der Waals surface area contributed by atoms with Crippen LogP contribution in [0.4, 0.5) is 0 Å². The third kappa shape index (κ3) is 2.47. The molecule has 1 unspecified atom stereocenters. The molecule has 0 aromatic carbocycles. The molecule has 1 rings (SSSR count). The Morgan fingerprint density at radius 2 is 2.00 bits per heavy atom. The highest BCUT2D eigenvalue weighted by Gasteiger charge is 2.34. The number of rotatable bonds is 2. The van der Waals surface area contributed by atoms with Crippen molar-refractivity contribution >= 4 is 15.7 Å². The van der Waals surface area contributed by atoms with Crippen LogP contribution in [0.3, 0.4) is 0 Å². The molecule has 14 heavy (non-hydrogen) atoms. The number of nitrogens with zero attached hydrogens (tertiary/aromatic N) is 1. The highest BCUT2D eigenvalue weighted by Crippen LogP contribution is 2.20. The molecule has 0 radical (unpaired) electrons. The minimum Gasteiger partial charge on any atom is -0.343 e. The first-order valence-electron chi connectivity index (χ1n) is 4.80. The zero-order valence-electron chi connectivity index (χ0n) is 8.86. The molecule has 1 aliphatic heterocycles. The number of sulfone groups is 1. The van der Waals surface area contributed by atoms with Crippen molar-refractivity contribution in [3.05, 3.63) is 0 Å². The summed E-state index contributed by atoms with van der Waals surface area (Å²) in [6.45, 7) is 3.84. The molecule has 0 spiro atoms. The second-order valence-corrected chi connectivity index (χ2v) is 6.37. The Bertz CT molecular complexity index is 321. The van der Waals surface area contributed by atoms with Gasteiger partial charge in [-0.05, 0) is 20.3 Å². The average Bonchev–Trinajstić information content (AvgIpc) is 2.43. The second-order valence-electron chi connectivity index (χ2n) is 4.14. The van der Waals surface area contributed by atoms with Gasteiger partial charge in [-0.2, -0.15) is 0 Å². The predicted molar refractivity (Wildman–Crippen MR) is 54.7 cm³/mol. The van der Waals surface area contributed by atoms with E-state index in [9.17, 15) is 13.2 Å². The predicted octanol–water partition coefficient (Wildman–Crippen LogP) is 0.288. The number of carbonyl (C=O) groups is 1. The molecule has 0 N–H and O–H groups in total. The van der Waals surface area contributed by atoms with E-state index in [-0.39, 0.29) is 29.4 Å². The van der Waals surface area contributed by atoms with Crippen LogP contribution in [0.15, 0.2) is 0 Å². The number of amides is 1. The maximum atomic E-state index is 11.7. The molecule has 0 bridgehead atoms. The summed E-state index contributed by atoms with van der Waals surface area (Å²) in [4.78, 5) is 13.4. The van der Waals surface area contributed by atoms with Crippen LogP contribution in [0.1, 0.15) is 20.3 Å². The van der Waals surface area contributed by atoms with Crippen LogP contribution >= 0.6 is 0 Å². The zero-order valence-corrected chi connectivity index (χ0v) is 9.67. The van der Waals surface area contributed by atoms with Crippen molar-refractivity contribution < 1.29 is 13.2 Å². The van der Waals surface area contributed by atoms with Crippen LogP contribution in [0.25, 0.3) is 0 Å². The van der Waals surface area contributed by atoms with Crippen molar-refractivity contribution in [2.45, 2.75) is 26.3 Å². The van der Waals surface area contributed by atoms with Gasteiger partial charge in [0.2, 0.25) is 5.91 Å². The van der Waals surface area contributed by atoms with E-state index in [2.05, 4.69) is 0 Å². The fraction of sp³-hybridized carbons (Fsp3) is 0.889. The zero-order chi connectivity index (χ0) is 10.9. The van der Waals surface area contributed by atoms with Gasteiger partial charge < -0.3 is 4.90 Å². The van der Waals surface area contributed by atoms with Crippen LogP contribution in [0.5, 0.6) is 0 Å². The average molecular weight is 219 g/mol. The Labute approximate surface area is 85.2 Å². The molecule has 0 aromatic rings.